The van der Waals surface area contributed by atoms with Gasteiger partial charge in [-0.15, -0.1) is 0 Å². The summed E-state index contributed by atoms with van der Waals surface area (Å²) in [4.78, 5) is 67.7. The minimum Gasteiger partial charge on any atom is -0.497 e. The maximum absolute atomic E-state index is 15.1. The lowest BCUT2D eigenvalue weighted by Gasteiger charge is -2.35. The summed E-state index contributed by atoms with van der Waals surface area (Å²) in [7, 11) is -1.63. The summed E-state index contributed by atoms with van der Waals surface area (Å²) in [6.45, 7) is 5.33. The number of halogens is 4. The third-order valence-corrected chi connectivity index (χ3v) is 14.6. The van der Waals surface area contributed by atoms with Crippen LogP contribution in [-0.4, -0.2) is 121 Å². The second-order valence-corrected chi connectivity index (χ2v) is 20.1. The van der Waals surface area contributed by atoms with Crippen molar-refractivity contribution < 1.29 is 64.1 Å². The predicted octanol–water partition coefficient (Wildman–Crippen LogP) is 5.01. The van der Waals surface area contributed by atoms with Crippen molar-refractivity contribution in [2.45, 2.75) is 126 Å². The van der Waals surface area contributed by atoms with E-state index in [2.05, 4.69) is 10.6 Å². The summed E-state index contributed by atoms with van der Waals surface area (Å²) < 4.78 is 105. The Morgan fingerprint density at radius 3 is 2.41 bits per heavy atom. The molecule has 348 valence electrons. The first-order valence-electron chi connectivity index (χ1n) is 21.0. The molecule has 21 heteroatoms. The van der Waals surface area contributed by atoms with Crippen LogP contribution in [0, 0.1) is 17.8 Å². The number of ether oxygens (including phenoxy) is 4. The number of nitrogens with one attached hydrogen (secondary N) is 3. The van der Waals surface area contributed by atoms with E-state index in [9.17, 15) is 40.4 Å². The molecule has 0 radical (unpaired) electrons. The van der Waals surface area contributed by atoms with Gasteiger partial charge in [0.15, 0.2) is 0 Å². The molecule has 2 aliphatic heterocycles. The number of rotatable bonds is 12. The van der Waals surface area contributed by atoms with E-state index in [-0.39, 0.29) is 63.0 Å². The molecule has 0 unspecified atom stereocenters. The summed E-state index contributed by atoms with van der Waals surface area (Å²) in [6, 6.07) is 2.08. The lowest BCUT2D eigenvalue weighted by molar-refractivity contribution is -0.244. The van der Waals surface area contributed by atoms with Gasteiger partial charge in [-0.2, -0.15) is 13.2 Å². The van der Waals surface area contributed by atoms with E-state index in [1.165, 1.54) is 14.2 Å². The van der Waals surface area contributed by atoms with E-state index in [4.69, 9.17) is 28.9 Å². The molecule has 1 aromatic carbocycles. The number of fused-ring (bicyclic) bond motifs is 3. The second kappa shape index (κ2) is 18.0. The van der Waals surface area contributed by atoms with Crippen molar-refractivity contribution in [1.82, 2.24) is 30.2 Å². The molecule has 3 heterocycles. The Bertz CT molecular complexity index is 2220. The maximum atomic E-state index is 15.1. The number of benzene rings is 1. The molecule has 16 nitrogen and oxygen atoms in total. The Morgan fingerprint density at radius 1 is 1.08 bits per heavy atom. The fourth-order valence-electron chi connectivity index (χ4n) is 8.17. The van der Waals surface area contributed by atoms with Crippen LogP contribution in [0.4, 0.5) is 22.4 Å². The number of alkyl carbamates (subject to hydrolysis) is 1. The first-order valence-corrected chi connectivity index (χ1v) is 22.5. The van der Waals surface area contributed by atoms with Gasteiger partial charge in [-0.3, -0.25) is 19.1 Å². The molecule has 3 fully saturated rings. The normalized spacial score (nSPS) is 28.2. The van der Waals surface area contributed by atoms with Crippen molar-refractivity contribution in [3.05, 3.63) is 36.0 Å². The number of alkyl halides is 4. The van der Waals surface area contributed by atoms with E-state index in [0.717, 1.165) is 4.90 Å². The van der Waals surface area contributed by atoms with Crippen LogP contribution in [0.5, 0.6) is 11.6 Å². The van der Waals surface area contributed by atoms with Crippen LogP contribution < -0.4 is 24.8 Å². The van der Waals surface area contributed by atoms with Crippen molar-refractivity contribution >= 4 is 44.9 Å². The largest absolute Gasteiger partial charge is 0.497 e. The molecule has 0 spiro atoms. The molecule has 4 amide bonds. The fourth-order valence-corrected chi connectivity index (χ4v) is 9.60. The average Bonchev–Trinajstić information content (AvgIpc) is 4.11. The van der Waals surface area contributed by atoms with Crippen LogP contribution in [0.15, 0.2) is 30.4 Å². The van der Waals surface area contributed by atoms with Gasteiger partial charge in [-0.1, -0.05) is 32.9 Å². The van der Waals surface area contributed by atoms with Crippen LogP contribution in [0.1, 0.15) is 91.2 Å². The van der Waals surface area contributed by atoms with Crippen molar-refractivity contribution in [2.24, 2.45) is 17.8 Å². The molecule has 2 saturated carbocycles. The van der Waals surface area contributed by atoms with E-state index >= 15 is 4.79 Å². The molecular formula is C42H56F4N6O10S. The Labute approximate surface area is 363 Å². The number of sulfonamides is 1. The van der Waals surface area contributed by atoms with Crippen molar-refractivity contribution in [2.75, 3.05) is 34.0 Å². The van der Waals surface area contributed by atoms with Crippen molar-refractivity contribution in [1.29, 1.82) is 0 Å². The van der Waals surface area contributed by atoms with Gasteiger partial charge in [0.1, 0.15) is 46.6 Å². The summed E-state index contributed by atoms with van der Waals surface area (Å²) in [6.07, 6.45) is -2.96. The van der Waals surface area contributed by atoms with E-state index < -0.39 is 92.6 Å². The lowest BCUT2D eigenvalue weighted by Crippen LogP contribution is -2.60. The molecule has 1 aromatic heterocycles. The van der Waals surface area contributed by atoms with Crippen molar-refractivity contribution in [3.63, 3.8) is 0 Å². The van der Waals surface area contributed by atoms with Crippen molar-refractivity contribution in [3.8, 4) is 11.6 Å². The average molecular weight is 913 g/mol. The van der Waals surface area contributed by atoms with Gasteiger partial charge in [0.2, 0.25) is 33.3 Å². The first-order chi connectivity index (χ1) is 29.5. The van der Waals surface area contributed by atoms with Gasteiger partial charge >= 0.3 is 12.3 Å². The summed E-state index contributed by atoms with van der Waals surface area (Å²) in [5.74, 6) is -4.11. The molecule has 6 rings (SSSR count). The molecule has 2 aliphatic carbocycles. The maximum Gasteiger partial charge on any atom is 0.427 e. The molecule has 4 aliphatic rings. The molecule has 1 saturated heterocycles. The highest BCUT2D eigenvalue weighted by Crippen LogP contribution is 2.48. The van der Waals surface area contributed by atoms with Gasteiger partial charge in [0, 0.05) is 37.4 Å². The minimum absolute atomic E-state index is 0.00974. The van der Waals surface area contributed by atoms with Gasteiger partial charge < -0.3 is 34.5 Å². The number of methoxy groups -OCH3 is 2. The van der Waals surface area contributed by atoms with Crippen LogP contribution in [0.25, 0.3) is 11.0 Å². The molecular weight excluding hydrogens is 857 g/mol. The standard InChI is InChI=1S/C42H56F4N6O10S/c1-23(2)32-35(48-30-17-27(60-7)12-13-29(30)47-32)61-28-18-31-34(53)50-41(37(55)51-63(57,58)40(22-43)14-15-40)19-26(41)11-9-8-10-24(3)16-25(21-59-6)33(36(54)52(31)20-28)49-38(56)62-39(4,5)42(44,45)46/h9,11-13,17,23-26,28,31,33H,8,10,14-16,18-22H2,1-7H3,(H,49,56)(H,50,53)(H,51,55)/b11-9-/t24-,25+,26+,28-,31+,33+,41+/m1/s1. The number of hydrogen-bond acceptors (Lipinski definition) is 12. The third kappa shape index (κ3) is 9.98. The summed E-state index contributed by atoms with van der Waals surface area (Å²) >= 11 is 0. The SMILES string of the molecule is COC[C@@H]1C[C@H](C)CC/C=C\[C@H]2C[C@]2(C(=O)NS(=O)(=O)C2(CF)CC2)NC(=O)[C@@H]2C[C@@H](Oc3nc4cc(OC)ccc4nc3C(C)C)CN2C(=O)[C@H]1NC(=O)OC(C)(C)C(F)(F)F. The zero-order valence-electron chi connectivity index (χ0n) is 36.3. The van der Waals surface area contributed by atoms with Crippen LogP contribution in [0.3, 0.4) is 0 Å². The smallest absolute Gasteiger partial charge is 0.427 e. The number of amides is 4. The highest BCUT2D eigenvalue weighted by Gasteiger charge is 2.64. The van der Waals surface area contributed by atoms with Gasteiger partial charge in [-0.25, -0.2) is 27.6 Å². The van der Waals surface area contributed by atoms with Gasteiger partial charge in [0.05, 0.1) is 31.3 Å². The predicted molar refractivity (Wildman–Crippen MR) is 220 cm³/mol. The Balaban J connectivity index is 1.40. The zero-order chi connectivity index (χ0) is 46.3. The van der Waals surface area contributed by atoms with Crippen LogP contribution in [-0.2, 0) is 33.9 Å². The monoisotopic (exact) mass is 912 g/mol. The van der Waals surface area contributed by atoms with E-state index in [1.54, 1.807) is 30.4 Å². The number of carbonyl (C=O) groups excluding carboxylic acids is 4. The number of aromatic nitrogens is 2. The Kier molecular flexibility index (Phi) is 13.6. The topological polar surface area (TPSA) is 204 Å². The third-order valence-electron chi connectivity index (χ3n) is 12.5. The summed E-state index contributed by atoms with van der Waals surface area (Å²) in [5.41, 5.74) is -3.32. The Morgan fingerprint density at radius 2 is 1.79 bits per heavy atom. The number of carbonyl (C=O) groups is 4. The number of hydrogen-bond donors (Lipinski definition) is 3. The second-order valence-electron chi connectivity index (χ2n) is 18.0. The number of nitrogens with zero attached hydrogens (tertiary/aromatic N) is 3. The minimum atomic E-state index is -4.97. The quantitative estimate of drug-likeness (QED) is 0.190. The highest BCUT2D eigenvalue weighted by molar-refractivity contribution is 7.91. The molecule has 7 atom stereocenters. The molecule has 3 N–H and O–H groups in total. The van der Waals surface area contributed by atoms with Gasteiger partial charge in [0.25, 0.3) is 5.91 Å². The highest BCUT2D eigenvalue weighted by atomic mass is 32.2. The van der Waals surface area contributed by atoms with Crippen LogP contribution >= 0.6 is 0 Å². The van der Waals surface area contributed by atoms with Gasteiger partial charge in [-0.05, 0) is 70.4 Å². The summed E-state index contributed by atoms with van der Waals surface area (Å²) in [5, 5.41) is 5.10. The van der Waals surface area contributed by atoms with E-state index in [1.807, 2.05) is 25.5 Å². The molecule has 0 bridgehead atoms. The molecule has 63 heavy (non-hydrogen) atoms. The number of allylic oxidation sites excluding steroid dienone is 1. The van der Waals surface area contributed by atoms with Crippen LogP contribution in [0.2, 0.25) is 0 Å². The molecule has 2 aromatic rings. The first kappa shape index (κ1) is 47.7. The zero-order valence-corrected chi connectivity index (χ0v) is 37.2. The lowest BCUT2D eigenvalue weighted by atomic mass is 9.87. The fraction of sp³-hybridized carbons (Fsp3) is 0.667. The Hall–Kier alpha value is -4.79. The van der Waals surface area contributed by atoms with E-state index in [0.29, 0.717) is 49.2 Å².